The second kappa shape index (κ2) is 7.58. The lowest BCUT2D eigenvalue weighted by Crippen LogP contribution is -2.57. The average Bonchev–Trinajstić information content (AvgIpc) is 2.88. The lowest BCUT2D eigenvalue weighted by atomic mass is 9.97. The normalized spacial score (nSPS) is 24.4. The van der Waals surface area contributed by atoms with E-state index in [1.165, 1.54) is 35.6 Å². The molecule has 0 amide bonds. The number of thiophene rings is 1. The van der Waals surface area contributed by atoms with Gasteiger partial charge < -0.3 is 5.32 Å². The maximum atomic E-state index is 3.75. The van der Waals surface area contributed by atoms with Gasteiger partial charge in [0.05, 0.1) is 0 Å². The summed E-state index contributed by atoms with van der Waals surface area (Å²) in [6.07, 6.45) is 3.75. The number of rotatable bonds is 6. The van der Waals surface area contributed by atoms with Gasteiger partial charge in [0.2, 0.25) is 0 Å². The van der Waals surface area contributed by atoms with Crippen molar-refractivity contribution >= 4 is 11.3 Å². The third-order valence-electron chi connectivity index (χ3n) is 4.41. The molecule has 0 aliphatic carbocycles. The molecule has 2 heterocycles. The van der Waals surface area contributed by atoms with Gasteiger partial charge in [0.25, 0.3) is 0 Å². The van der Waals surface area contributed by atoms with E-state index in [1.54, 1.807) is 0 Å². The molecule has 1 aliphatic rings. The van der Waals surface area contributed by atoms with E-state index in [4.69, 9.17) is 0 Å². The highest BCUT2D eigenvalue weighted by atomic mass is 32.1. The Bertz CT molecular complexity index is 399. The fraction of sp³-hybridized carbons (Fsp3) is 0.765. The number of hydrogen-bond acceptors (Lipinski definition) is 3. The fourth-order valence-electron chi connectivity index (χ4n) is 3.04. The van der Waals surface area contributed by atoms with Gasteiger partial charge in [0, 0.05) is 41.5 Å². The first kappa shape index (κ1) is 16.0. The highest BCUT2D eigenvalue weighted by molar-refractivity contribution is 7.11. The van der Waals surface area contributed by atoms with Crippen molar-refractivity contribution in [3.63, 3.8) is 0 Å². The molecule has 1 fully saturated rings. The summed E-state index contributed by atoms with van der Waals surface area (Å²) in [7, 11) is 0. The molecule has 2 unspecified atom stereocenters. The maximum Gasteiger partial charge on any atom is 0.0332 e. The number of aryl methyl sites for hydroxylation is 1. The van der Waals surface area contributed by atoms with Crippen molar-refractivity contribution < 1.29 is 0 Å². The van der Waals surface area contributed by atoms with Gasteiger partial charge >= 0.3 is 0 Å². The quantitative estimate of drug-likeness (QED) is 0.856. The zero-order chi connectivity index (χ0) is 14.5. The highest BCUT2D eigenvalue weighted by Crippen LogP contribution is 2.23. The number of piperazine rings is 1. The van der Waals surface area contributed by atoms with Crippen LogP contribution < -0.4 is 5.32 Å². The van der Waals surface area contributed by atoms with Crippen molar-refractivity contribution in [3.8, 4) is 0 Å². The van der Waals surface area contributed by atoms with Gasteiger partial charge in [0.15, 0.2) is 0 Å². The number of nitrogens with one attached hydrogen (secondary N) is 1. The standard InChI is InChI=1S/C17H30N2S/c1-5-7-14-10-18-17(13(3)4)12-19(14)11-16-9-8-15(6-2)20-16/h8-9,13-14,17-18H,5-7,10-12H2,1-4H3. The van der Waals surface area contributed by atoms with Crippen LogP contribution in [0.5, 0.6) is 0 Å². The SMILES string of the molecule is CCCC1CNC(C(C)C)CN1Cc1ccc(CC)s1. The van der Waals surface area contributed by atoms with E-state index < -0.39 is 0 Å². The summed E-state index contributed by atoms with van der Waals surface area (Å²) in [5.41, 5.74) is 0. The van der Waals surface area contributed by atoms with E-state index in [1.807, 2.05) is 11.3 Å². The summed E-state index contributed by atoms with van der Waals surface area (Å²) in [6, 6.07) is 5.99. The third kappa shape index (κ3) is 4.06. The minimum atomic E-state index is 0.647. The van der Waals surface area contributed by atoms with E-state index in [2.05, 4.69) is 50.0 Å². The Hall–Kier alpha value is -0.380. The molecule has 0 radical (unpaired) electrons. The Morgan fingerprint density at radius 1 is 1.30 bits per heavy atom. The second-order valence-electron chi connectivity index (χ2n) is 6.35. The van der Waals surface area contributed by atoms with Crippen LogP contribution in [0.3, 0.4) is 0 Å². The van der Waals surface area contributed by atoms with Crippen LogP contribution in [0.15, 0.2) is 12.1 Å². The minimum Gasteiger partial charge on any atom is -0.311 e. The molecule has 2 atom stereocenters. The van der Waals surface area contributed by atoms with Crippen LogP contribution in [0, 0.1) is 5.92 Å². The van der Waals surface area contributed by atoms with Crippen LogP contribution in [0.2, 0.25) is 0 Å². The molecule has 1 N–H and O–H groups in total. The molecule has 1 saturated heterocycles. The van der Waals surface area contributed by atoms with E-state index in [0.717, 1.165) is 19.0 Å². The molecule has 0 aromatic carbocycles. The summed E-state index contributed by atoms with van der Waals surface area (Å²) in [5, 5.41) is 3.75. The zero-order valence-corrected chi connectivity index (χ0v) is 14.3. The van der Waals surface area contributed by atoms with Gasteiger partial charge in [-0.1, -0.05) is 34.1 Å². The Balaban J connectivity index is 2.02. The van der Waals surface area contributed by atoms with E-state index in [0.29, 0.717) is 12.1 Å². The molecule has 20 heavy (non-hydrogen) atoms. The van der Waals surface area contributed by atoms with E-state index in [9.17, 15) is 0 Å². The molecule has 1 aromatic rings. The smallest absolute Gasteiger partial charge is 0.0332 e. The molecule has 1 aromatic heterocycles. The summed E-state index contributed by atoms with van der Waals surface area (Å²) < 4.78 is 0. The van der Waals surface area contributed by atoms with Crippen LogP contribution in [0.1, 0.15) is 50.3 Å². The van der Waals surface area contributed by atoms with Crippen LogP contribution in [-0.4, -0.2) is 30.1 Å². The molecule has 2 rings (SSSR count). The first-order valence-corrected chi connectivity index (χ1v) is 9.00. The van der Waals surface area contributed by atoms with Gasteiger partial charge in [-0.2, -0.15) is 0 Å². The molecule has 0 bridgehead atoms. The Labute approximate surface area is 128 Å². The lowest BCUT2D eigenvalue weighted by molar-refractivity contribution is 0.101. The summed E-state index contributed by atoms with van der Waals surface area (Å²) >= 11 is 1.99. The molecular formula is C17H30N2S. The summed E-state index contributed by atoms with van der Waals surface area (Å²) in [5.74, 6) is 0.717. The maximum absolute atomic E-state index is 3.75. The Morgan fingerprint density at radius 2 is 2.05 bits per heavy atom. The van der Waals surface area contributed by atoms with Crippen molar-refractivity contribution in [1.29, 1.82) is 0 Å². The zero-order valence-electron chi connectivity index (χ0n) is 13.5. The van der Waals surface area contributed by atoms with Gasteiger partial charge in [-0.25, -0.2) is 0 Å². The molecule has 0 spiro atoms. The number of nitrogens with zero attached hydrogens (tertiary/aromatic N) is 1. The van der Waals surface area contributed by atoms with Crippen LogP contribution >= 0.6 is 11.3 Å². The third-order valence-corrected chi connectivity index (χ3v) is 5.63. The lowest BCUT2D eigenvalue weighted by Gasteiger charge is -2.41. The average molecular weight is 295 g/mol. The molecule has 114 valence electrons. The summed E-state index contributed by atoms with van der Waals surface area (Å²) in [4.78, 5) is 5.77. The molecular weight excluding hydrogens is 264 g/mol. The van der Waals surface area contributed by atoms with Gasteiger partial charge in [0.1, 0.15) is 0 Å². The fourth-order valence-corrected chi connectivity index (χ4v) is 4.02. The van der Waals surface area contributed by atoms with Crippen LogP contribution in [-0.2, 0) is 13.0 Å². The van der Waals surface area contributed by atoms with Gasteiger partial charge in [-0.15, -0.1) is 11.3 Å². The van der Waals surface area contributed by atoms with Crippen molar-refractivity contribution in [1.82, 2.24) is 10.2 Å². The van der Waals surface area contributed by atoms with Gasteiger partial charge in [-0.3, -0.25) is 4.90 Å². The monoisotopic (exact) mass is 294 g/mol. The van der Waals surface area contributed by atoms with Gasteiger partial charge in [-0.05, 0) is 30.9 Å². The van der Waals surface area contributed by atoms with Crippen molar-refractivity contribution in [2.24, 2.45) is 5.92 Å². The Kier molecular flexibility index (Phi) is 6.06. The predicted molar refractivity (Wildman–Crippen MR) is 89.4 cm³/mol. The molecule has 1 aliphatic heterocycles. The summed E-state index contributed by atoms with van der Waals surface area (Å²) in [6.45, 7) is 12.7. The molecule has 3 heteroatoms. The number of hydrogen-bond donors (Lipinski definition) is 1. The van der Waals surface area contributed by atoms with Crippen molar-refractivity contribution in [2.75, 3.05) is 13.1 Å². The van der Waals surface area contributed by atoms with Crippen molar-refractivity contribution in [3.05, 3.63) is 21.9 Å². The predicted octanol–water partition coefficient (Wildman–Crippen LogP) is 3.91. The molecule has 0 saturated carbocycles. The highest BCUT2D eigenvalue weighted by Gasteiger charge is 2.28. The van der Waals surface area contributed by atoms with Crippen LogP contribution in [0.25, 0.3) is 0 Å². The van der Waals surface area contributed by atoms with E-state index >= 15 is 0 Å². The van der Waals surface area contributed by atoms with E-state index in [-0.39, 0.29) is 0 Å². The molecule has 2 nitrogen and oxygen atoms in total. The minimum absolute atomic E-state index is 0.647. The largest absolute Gasteiger partial charge is 0.311 e. The Morgan fingerprint density at radius 3 is 2.65 bits per heavy atom. The first-order chi connectivity index (χ1) is 9.63. The van der Waals surface area contributed by atoms with Crippen molar-refractivity contribution in [2.45, 2.75) is 65.6 Å². The second-order valence-corrected chi connectivity index (χ2v) is 7.61. The first-order valence-electron chi connectivity index (χ1n) is 8.19. The van der Waals surface area contributed by atoms with Crippen LogP contribution in [0.4, 0.5) is 0 Å². The topological polar surface area (TPSA) is 15.3 Å².